The first-order chi connectivity index (χ1) is 36.2. The van der Waals surface area contributed by atoms with Crippen molar-refractivity contribution in [3.8, 4) is 17.1 Å². The van der Waals surface area contributed by atoms with Crippen molar-refractivity contribution < 1.29 is 52.7 Å². The second-order valence-electron chi connectivity index (χ2n) is 18.1. The molecule has 0 bridgehead atoms. The number of benzene rings is 6. The van der Waals surface area contributed by atoms with Crippen LogP contribution < -0.4 is 44.5 Å². The van der Waals surface area contributed by atoms with Gasteiger partial charge < -0.3 is 0 Å². The lowest BCUT2D eigenvalue weighted by Gasteiger charge is -2.38. The zero-order valence-electron chi connectivity index (χ0n) is 38.7. The third-order valence-electron chi connectivity index (χ3n) is 14.0. The largest absolute Gasteiger partial charge is 0.411 e. The highest BCUT2D eigenvalue weighted by Gasteiger charge is 2.73. The second kappa shape index (κ2) is 17.1. The van der Waals surface area contributed by atoms with Crippen LogP contribution in [-0.4, -0.2) is 43.0 Å². The molecule has 0 aliphatic rings. The van der Waals surface area contributed by atoms with Crippen molar-refractivity contribution in [3.63, 3.8) is 0 Å². The molecule has 10 rings (SSSR count). The van der Waals surface area contributed by atoms with Crippen molar-refractivity contribution in [2.75, 3.05) is 0 Å². The standard InChI is InChI=1S/C52H24Cl2F12N4O8/c1-21-3-5-22(6-4-21)47(49(55,56)57,50(58,59)60)23-7-13-26(14-8-23)68-39(71)29-19-31-32(20-30(29)40(68)72)42(74)69(41(31)73)27-15-9-24(10-16-27)48(51(61,62)63,52(64,65)66)25-11-17-28(18-12-25)70-45(77)35-36(46(70)78)38(54)34-33(37(35)53)43(75)67(2)44(34)76/h3-20H,1-2H3. The maximum Gasteiger partial charge on any atom is 0.411 e. The average molecular weight is 1130 g/mol. The second-order valence-corrected chi connectivity index (χ2v) is 18.8. The Hall–Kier alpha value is -8.38. The molecule has 78 heavy (non-hydrogen) atoms. The molecule has 6 aromatic carbocycles. The van der Waals surface area contributed by atoms with Crippen molar-refractivity contribution in [1.82, 2.24) is 18.3 Å². The number of alkyl halides is 12. The van der Waals surface area contributed by atoms with Crippen molar-refractivity contribution >= 4 is 66.3 Å². The Balaban J connectivity index is 1.03. The molecule has 4 heterocycles. The number of rotatable bonds is 7. The molecule has 0 fully saturated rings. The van der Waals surface area contributed by atoms with Gasteiger partial charge in [-0.15, -0.1) is 0 Å². The third kappa shape index (κ3) is 6.96. The molecule has 12 nitrogen and oxygen atoms in total. The van der Waals surface area contributed by atoms with Crippen LogP contribution in [0.15, 0.2) is 148 Å². The molecule has 0 N–H and O–H groups in total. The SMILES string of the molecule is Cc1ccc(C(c2ccc(-n3c(=O)c4cc5c(=O)n(-c6ccc(C(c7ccc(-n8c(=O)c9c(Cl)c%10c(=O)n(C)c(=O)c%10c(Cl)c9c8=O)cc7)(C(F)(F)F)C(F)(F)F)cc6)c(=O)c5cc4c3=O)cc2)(C(F)(F)F)C(F)(F)F)cc1. The zero-order valence-corrected chi connectivity index (χ0v) is 40.3. The summed E-state index contributed by atoms with van der Waals surface area (Å²) >= 11 is 12.7. The lowest BCUT2D eigenvalue weighted by Crippen LogP contribution is -2.54. The van der Waals surface area contributed by atoms with Gasteiger partial charge in [-0.25, -0.2) is 13.7 Å². The minimum Gasteiger partial charge on any atom is -0.277 e. The van der Waals surface area contributed by atoms with Gasteiger partial charge in [0.1, 0.15) is 0 Å². The Morgan fingerprint density at radius 2 is 0.551 bits per heavy atom. The van der Waals surface area contributed by atoms with E-state index in [-0.39, 0.29) is 0 Å². The summed E-state index contributed by atoms with van der Waals surface area (Å²) in [6, 6.07) is 10.6. The molecule has 0 amide bonds. The normalized spacial score (nSPS) is 13.3. The van der Waals surface area contributed by atoms with Crippen molar-refractivity contribution in [2.45, 2.75) is 42.5 Å². The van der Waals surface area contributed by atoms with Gasteiger partial charge in [-0.05, 0) is 77.7 Å². The van der Waals surface area contributed by atoms with E-state index in [9.17, 15) is 64.7 Å². The monoisotopic (exact) mass is 1130 g/mol. The molecule has 0 aliphatic heterocycles. The van der Waals surface area contributed by atoms with Crippen molar-refractivity contribution in [1.29, 1.82) is 0 Å². The molecule has 398 valence electrons. The fourth-order valence-corrected chi connectivity index (χ4v) is 11.0. The van der Waals surface area contributed by atoms with E-state index >= 15 is 26.3 Å². The molecular formula is C52H24Cl2F12N4O8. The summed E-state index contributed by atoms with van der Waals surface area (Å²) in [4.78, 5) is 108. The summed E-state index contributed by atoms with van der Waals surface area (Å²) in [5, 5.41) is -6.04. The van der Waals surface area contributed by atoms with E-state index in [4.69, 9.17) is 23.2 Å². The molecule has 0 saturated carbocycles. The van der Waals surface area contributed by atoms with E-state index < -0.39 is 172 Å². The maximum atomic E-state index is 15.3. The predicted molar refractivity (Wildman–Crippen MR) is 262 cm³/mol. The molecule has 0 spiro atoms. The van der Waals surface area contributed by atoms with Gasteiger partial charge in [0.2, 0.25) is 10.8 Å². The fraction of sp³-hybridized carbons (Fsp3) is 0.154. The number of hydrogen-bond acceptors (Lipinski definition) is 8. The highest BCUT2D eigenvalue weighted by molar-refractivity contribution is 6.47. The summed E-state index contributed by atoms with van der Waals surface area (Å²) in [7, 11) is 1.07. The Labute approximate surface area is 432 Å². The first-order valence-corrected chi connectivity index (χ1v) is 22.9. The van der Waals surface area contributed by atoms with Crippen LogP contribution in [0.4, 0.5) is 52.7 Å². The highest BCUT2D eigenvalue weighted by atomic mass is 35.5. The zero-order chi connectivity index (χ0) is 57.0. The number of aromatic nitrogens is 4. The third-order valence-corrected chi connectivity index (χ3v) is 14.8. The molecule has 10 aromatic rings. The minimum atomic E-state index is -6.24. The van der Waals surface area contributed by atoms with Crippen LogP contribution in [0.5, 0.6) is 0 Å². The van der Waals surface area contributed by atoms with Crippen molar-refractivity contribution in [2.24, 2.45) is 7.05 Å². The molecule has 26 heteroatoms. The van der Waals surface area contributed by atoms with Crippen LogP contribution in [0, 0.1) is 6.92 Å². The van der Waals surface area contributed by atoms with E-state index in [1.165, 1.54) is 6.92 Å². The van der Waals surface area contributed by atoms with Gasteiger partial charge in [0.05, 0.1) is 70.2 Å². The molecule has 0 unspecified atom stereocenters. The Morgan fingerprint density at radius 1 is 0.333 bits per heavy atom. The van der Waals surface area contributed by atoms with Gasteiger partial charge in [-0.2, -0.15) is 52.7 Å². The number of aryl methyl sites for hydroxylation is 1. The molecule has 0 radical (unpaired) electrons. The van der Waals surface area contributed by atoms with Gasteiger partial charge in [0, 0.05) is 7.05 Å². The number of hydrogen-bond donors (Lipinski definition) is 0. The number of halogens is 14. The van der Waals surface area contributed by atoms with E-state index in [0.717, 1.165) is 31.3 Å². The van der Waals surface area contributed by atoms with E-state index in [1.807, 2.05) is 0 Å². The lowest BCUT2D eigenvalue weighted by atomic mass is 9.72. The first-order valence-electron chi connectivity index (χ1n) is 22.1. The molecule has 0 aliphatic carbocycles. The van der Waals surface area contributed by atoms with Crippen LogP contribution >= 0.6 is 23.2 Å². The van der Waals surface area contributed by atoms with Gasteiger partial charge in [0.25, 0.3) is 44.5 Å². The van der Waals surface area contributed by atoms with Gasteiger partial charge >= 0.3 is 24.7 Å². The van der Waals surface area contributed by atoms with Crippen LogP contribution in [-0.2, 0) is 17.9 Å². The lowest BCUT2D eigenvalue weighted by molar-refractivity contribution is -0.290. The van der Waals surface area contributed by atoms with Crippen molar-refractivity contribution in [3.05, 3.63) is 230 Å². The minimum absolute atomic E-state index is 0.304. The predicted octanol–water partition coefficient (Wildman–Crippen LogP) is 9.08. The Morgan fingerprint density at radius 3 is 0.795 bits per heavy atom. The van der Waals surface area contributed by atoms with Gasteiger partial charge in [-0.1, -0.05) is 89.4 Å². The first kappa shape index (κ1) is 53.0. The van der Waals surface area contributed by atoms with Gasteiger partial charge in [0.15, 0.2) is 0 Å². The average Bonchev–Trinajstić information content (AvgIpc) is 4.11. The highest BCUT2D eigenvalue weighted by Crippen LogP contribution is 2.58. The quantitative estimate of drug-likeness (QED) is 0.143. The molecular weight excluding hydrogens is 1110 g/mol. The molecule has 0 atom stereocenters. The van der Waals surface area contributed by atoms with E-state index in [1.54, 1.807) is 0 Å². The fourth-order valence-electron chi connectivity index (χ4n) is 10.3. The number of nitrogens with zero attached hydrogens (tertiary/aromatic N) is 4. The summed E-state index contributed by atoms with van der Waals surface area (Å²) in [5.74, 6) is 0. The number of fused-ring (bicyclic) bond motifs is 4. The summed E-state index contributed by atoms with van der Waals surface area (Å²) in [6.07, 6.45) is -24.4. The van der Waals surface area contributed by atoms with Crippen LogP contribution in [0.2, 0.25) is 10.0 Å². The van der Waals surface area contributed by atoms with Crippen LogP contribution in [0.25, 0.3) is 60.2 Å². The molecule has 0 saturated heterocycles. The van der Waals surface area contributed by atoms with Gasteiger partial charge in [-0.3, -0.25) is 42.9 Å². The smallest absolute Gasteiger partial charge is 0.277 e. The molecule has 4 aromatic heterocycles. The summed E-state index contributed by atoms with van der Waals surface area (Å²) in [5.41, 5.74) is -26.1. The maximum absolute atomic E-state index is 15.3. The van der Waals surface area contributed by atoms with Crippen LogP contribution in [0.1, 0.15) is 27.8 Å². The van der Waals surface area contributed by atoms with E-state index in [2.05, 4.69) is 0 Å². The summed E-state index contributed by atoms with van der Waals surface area (Å²) < 4.78 is 182. The Kier molecular flexibility index (Phi) is 11.6. The van der Waals surface area contributed by atoms with Crippen LogP contribution in [0.3, 0.4) is 0 Å². The Bertz CT molecular complexity index is 4460. The van der Waals surface area contributed by atoms with E-state index in [0.29, 0.717) is 109 Å². The topological polar surface area (TPSA) is 156 Å². The summed E-state index contributed by atoms with van der Waals surface area (Å²) in [6.45, 7) is 1.44.